The normalized spacial score (nSPS) is 14.9. The van der Waals surface area contributed by atoms with Gasteiger partial charge in [-0.05, 0) is 31.0 Å². The summed E-state index contributed by atoms with van der Waals surface area (Å²) in [4.78, 5) is 18.8. The van der Waals surface area contributed by atoms with Gasteiger partial charge in [-0.15, -0.1) is 0 Å². The molecular formula is C14H17N5O3S. The monoisotopic (exact) mass is 335 g/mol. The van der Waals surface area contributed by atoms with Crippen molar-refractivity contribution in [2.45, 2.75) is 12.8 Å². The average molecular weight is 335 g/mol. The largest absolute Gasteiger partial charge is 0.356 e. The molecule has 1 saturated heterocycles. The number of aromatic nitrogens is 3. The van der Waals surface area contributed by atoms with Gasteiger partial charge in [0.2, 0.25) is 10.0 Å². The summed E-state index contributed by atoms with van der Waals surface area (Å²) in [5, 5.41) is 4.13. The molecule has 8 nitrogen and oxygen atoms in total. The molecule has 0 aromatic carbocycles. The lowest BCUT2D eigenvalue weighted by Gasteiger charge is -2.20. The Labute approximate surface area is 134 Å². The van der Waals surface area contributed by atoms with E-state index in [-0.39, 0.29) is 5.56 Å². The lowest BCUT2D eigenvalue weighted by atomic mass is 10.2. The number of carbonyl (C=O) groups is 1. The second-order valence-corrected chi connectivity index (χ2v) is 7.14. The molecule has 0 aliphatic carbocycles. The molecule has 0 atom stereocenters. The van der Waals surface area contributed by atoms with Crippen LogP contribution in [-0.2, 0) is 10.0 Å². The van der Waals surface area contributed by atoms with Gasteiger partial charge in [0.15, 0.2) is 5.82 Å². The van der Waals surface area contributed by atoms with Gasteiger partial charge >= 0.3 is 0 Å². The van der Waals surface area contributed by atoms with Crippen LogP contribution in [0.3, 0.4) is 0 Å². The molecule has 0 bridgehead atoms. The molecule has 1 fully saturated rings. The van der Waals surface area contributed by atoms with E-state index in [9.17, 15) is 13.2 Å². The van der Waals surface area contributed by atoms with Crippen LogP contribution in [0, 0.1) is 0 Å². The highest BCUT2D eigenvalue weighted by molar-refractivity contribution is 7.89. The molecule has 3 rings (SSSR count). The highest BCUT2D eigenvalue weighted by Gasteiger charge is 2.23. The van der Waals surface area contributed by atoms with Crippen molar-refractivity contribution in [2.24, 2.45) is 0 Å². The number of hydrogen-bond acceptors (Lipinski definition) is 6. The summed E-state index contributed by atoms with van der Waals surface area (Å²) in [6.07, 6.45) is 6.38. The van der Waals surface area contributed by atoms with Gasteiger partial charge in [-0.1, -0.05) is 0 Å². The smallest absolute Gasteiger partial charge is 0.268 e. The molecule has 3 heterocycles. The number of pyridine rings is 1. The zero-order chi connectivity index (χ0) is 16.4. The van der Waals surface area contributed by atoms with E-state index in [1.165, 1.54) is 0 Å². The van der Waals surface area contributed by atoms with Gasteiger partial charge in [0, 0.05) is 25.5 Å². The molecule has 1 N–H and O–H groups in total. The van der Waals surface area contributed by atoms with Crippen LogP contribution in [0.2, 0.25) is 0 Å². The van der Waals surface area contributed by atoms with Gasteiger partial charge in [0.05, 0.1) is 11.8 Å². The number of nitrogens with one attached hydrogen (secondary N) is 1. The third-order valence-electron chi connectivity index (χ3n) is 3.53. The van der Waals surface area contributed by atoms with Gasteiger partial charge in [-0.3, -0.25) is 4.79 Å². The Hall–Kier alpha value is -2.42. The molecule has 23 heavy (non-hydrogen) atoms. The van der Waals surface area contributed by atoms with E-state index in [1.54, 1.807) is 35.3 Å². The molecule has 0 radical (unpaired) electrons. The maximum Gasteiger partial charge on any atom is 0.268 e. The van der Waals surface area contributed by atoms with Crippen molar-refractivity contribution >= 4 is 21.7 Å². The lowest BCUT2D eigenvalue weighted by Crippen LogP contribution is -2.32. The number of sulfonamides is 1. The van der Waals surface area contributed by atoms with Gasteiger partial charge in [0.25, 0.3) is 5.91 Å². The first-order valence-electron chi connectivity index (χ1n) is 7.22. The molecule has 9 heteroatoms. The topological polar surface area (TPSA) is 97.2 Å². The van der Waals surface area contributed by atoms with Crippen LogP contribution >= 0.6 is 0 Å². The Kier molecular flexibility index (Phi) is 4.03. The predicted octanol–water partition coefficient (Wildman–Crippen LogP) is 0.557. The third-order valence-corrected chi connectivity index (χ3v) is 4.08. The number of amides is 1. The van der Waals surface area contributed by atoms with Crippen molar-refractivity contribution in [1.82, 2.24) is 19.5 Å². The van der Waals surface area contributed by atoms with Crippen LogP contribution in [-0.4, -0.2) is 48.4 Å². The van der Waals surface area contributed by atoms with Gasteiger partial charge < -0.3 is 4.90 Å². The van der Waals surface area contributed by atoms with E-state index in [2.05, 4.69) is 10.1 Å². The zero-order valence-corrected chi connectivity index (χ0v) is 13.5. The summed E-state index contributed by atoms with van der Waals surface area (Å²) >= 11 is 0. The Morgan fingerprint density at radius 1 is 1.26 bits per heavy atom. The maximum atomic E-state index is 12.3. The van der Waals surface area contributed by atoms with E-state index >= 15 is 0 Å². The van der Waals surface area contributed by atoms with E-state index in [0.717, 1.165) is 32.2 Å². The molecule has 0 unspecified atom stereocenters. The van der Waals surface area contributed by atoms with E-state index < -0.39 is 15.9 Å². The summed E-state index contributed by atoms with van der Waals surface area (Å²) in [7, 11) is -3.63. The molecule has 122 valence electrons. The second-order valence-electron chi connectivity index (χ2n) is 5.39. The van der Waals surface area contributed by atoms with E-state index in [4.69, 9.17) is 0 Å². The first kappa shape index (κ1) is 15.5. The van der Waals surface area contributed by atoms with Crippen LogP contribution in [0.25, 0.3) is 5.82 Å². The highest BCUT2D eigenvalue weighted by Crippen LogP contribution is 2.24. The fourth-order valence-electron chi connectivity index (χ4n) is 2.54. The lowest BCUT2D eigenvalue weighted by molar-refractivity contribution is 0.0982. The van der Waals surface area contributed by atoms with Crippen LogP contribution in [0.15, 0.2) is 30.6 Å². The summed E-state index contributed by atoms with van der Waals surface area (Å²) in [6.45, 7) is 1.57. The Bertz CT molecular complexity index is 811. The summed E-state index contributed by atoms with van der Waals surface area (Å²) < 4.78 is 26.2. The fraction of sp³-hybridized carbons (Fsp3) is 0.357. The Morgan fingerprint density at radius 2 is 2.00 bits per heavy atom. The van der Waals surface area contributed by atoms with Gasteiger partial charge in [-0.25, -0.2) is 22.8 Å². The first-order valence-corrected chi connectivity index (χ1v) is 9.11. The van der Waals surface area contributed by atoms with Gasteiger partial charge in [-0.2, -0.15) is 5.10 Å². The minimum atomic E-state index is -3.63. The predicted molar refractivity (Wildman–Crippen MR) is 85.1 cm³/mol. The SMILES string of the molecule is CS(=O)(=O)NC(=O)c1ccc(-n2cccn2)nc1N1CCCC1. The first-order chi connectivity index (χ1) is 10.9. The minimum absolute atomic E-state index is 0.244. The quantitative estimate of drug-likeness (QED) is 0.877. The van der Waals surface area contributed by atoms with Crippen LogP contribution in [0.1, 0.15) is 23.2 Å². The molecule has 1 aliphatic rings. The number of anilines is 1. The highest BCUT2D eigenvalue weighted by atomic mass is 32.2. The van der Waals surface area contributed by atoms with Crippen molar-refractivity contribution in [3.8, 4) is 5.82 Å². The number of nitrogens with zero attached hydrogens (tertiary/aromatic N) is 4. The molecule has 2 aromatic rings. The summed E-state index contributed by atoms with van der Waals surface area (Å²) in [5.74, 6) is 0.387. The molecule has 0 saturated carbocycles. The van der Waals surface area contributed by atoms with Crippen molar-refractivity contribution in [3.05, 3.63) is 36.2 Å². The standard InChI is InChI=1S/C14H17N5O3S/c1-23(21,22)17-14(20)11-5-6-12(19-10-4-7-15-19)16-13(11)18-8-2-3-9-18/h4-7,10H,2-3,8-9H2,1H3,(H,17,20). The molecule has 1 aliphatic heterocycles. The van der Waals surface area contributed by atoms with Crippen molar-refractivity contribution in [2.75, 3.05) is 24.2 Å². The number of carbonyl (C=O) groups excluding carboxylic acids is 1. The molecule has 1 amide bonds. The summed E-state index contributed by atoms with van der Waals surface area (Å²) in [6, 6.07) is 5.00. The van der Waals surface area contributed by atoms with Crippen LogP contribution in [0.4, 0.5) is 5.82 Å². The Balaban J connectivity index is 2.02. The third kappa shape index (κ3) is 3.50. The zero-order valence-electron chi connectivity index (χ0n) is 12.6. The average Bonchev–Trinajstić information content (AvgIpc) is 3.18. The minimum Gasteiger partial charge on any atom is -0.356 e. The second kappa shape index (κ2) is 5.99. The van der Waals surface area contributed by atoms with E-state index in [0.29, 0.717) is 11.6 Å². The van der Waals surface area contributed by atoms with Crippen molar-refractivity contribution < 1.29 is 13.2 Å². The van der Waals surface area contributed by atoms with Crippen molar-refractivity contribution in [3.63, 3.8) is 0 Å². The number of rotatable bonds is 4. The van der Waals surface area contributed by atoms with Crippen molar-refractivity contribution in [1.29, 1.82) is 0 Å². The molecule has 0 spiro atoms. The van der Waals surface area contributed by atoms with Crippen LogP contribution in [0.5, 0.6) is 0 Å². The van der Waals surface area contributed by atoms with E-state index in [1.807, 2.05) is 9.62 Å². The number of hydrogen-bond donors (Lipinski definition) is 1. The summed E-state index contributed by atoms with van der Waals surface area (Å²) in [5.41, 5.74) is 0.244. The fourth-order valence-corrected chi connectivity index (χ4v) is 2.99. The van der Waals surface area contributed by atoms with Crippen LogP contribution < -0.4 is 9.62 Å². The molecule has 2 aromatic heterocycles. The maximum absolute atomic E-state index is 12.3. The Morgan fingerprint density at radius 3 is 2.61 bits per heavy atom. The molecular weight excluding hydrogens is 318 g/mol. The van der Waals surface area contributed by atoms with Gasteiger partial charge in [0.1, 0.15) is 5.82 Å².